The number of sulfonamides is 1. The zero-order chi connectivity index (χ0) is 19.6. The van der Waals surface area contributed by atoms with Gasteiger partial charge in [0.2, 0.25) is 10.0 Å². The van der Waals surface area contributed by atoms with Gasteiger partial charge in [0.05, 0.1) is 46.9 Å². The van der Waals surface area contributed by atoms with Crippen LogP contribution < -0.4 is 0 Å². The molecule has 0 N–H and O–H groups in total. The molecule has 3 heterocycles. The number of hydrogen-bond donors (Lipinski definition) is 0. The maximum Gasteiger partial charge on any atom is 0.243 e. The Morgan fingerprint density at radius 1 is 1.18 bits per heavy atom. The van der Waals surface area contributed by atoms with Crippen LogP contribution >= 0.6 is 11.8 Å². The molecule has 0 spiro atoms. The molecule has 0 atom stereocenters. The average Bonchev–Trinajstić information content (AvgIpc) is 3.35. The Kier molecular flexibility index (Phi) is 5.77. The van der Waals surface area contributed by atoms with E-state index in [9.17, 15) is 8.42 Å². The van der Waals surface area contributed by atoms with Crippen LogP contribution in [0.5, 0.6) is 0 Å². The lowest BCUT2D eigenvalue weighted by atomic mass is 10.3. The van der Waals surface area contributed by atoms with Crippen LogP contribution in [0.2, 0.25) is 0 Å². The van der Waals surface area contributed by atoms with Gasteiger partial charge < -0.3 is 13.7 Å². The number of benzene rings is 1. The molecule has 28 heavy (non-hydrogen) atoms. The lowest BCUT2D eigenvalue weighted by Gasteiger charge is -2.26. The third-order valence-electron chi connectivity index (χ3n) is 4.78. The predicted octanol–water partition coefficient (Wildman–Crippen LogP) is 3.10. The number of aryl methyl sites for hydroxylation is 1. The monoisotopic (exact) mass is 421 g/mol. The van der Waals surface area contributed by atoms with E-state index in [1.807, 2.05) is 18.2 Å². The van der Waals surface area contributed by atoms with Gasteiger partial charge in [0.15, 0.2) is 0 Å². The van der Waals surface area contributed by atoms with Gasteiger partial charge in [0.25, 0.3) is 0 Å². The van der Waals surface area contributed by atoms with Gasteiger partial charge in [0, 0.05) is 19.6 Å². The molecule has 0 amide bonds. The predicted molar refractivity (Wildman–Crippen MR) is 109 cm³/mol. The Morgan fingerprint density at radius 2 is 2.00 bits per heavy atom. The second-order valence-corrected chi connectivity index (χ2v) is 9.43. The highest BCUT2D eigenvalue weighted by molar-refractivity contribution is 7.97. The molecular formula is C19H23N3O4S2. The van der Waals surface area contributed by atoms with Gasteiger partial charge in [0.1, 0.15) is 11.6 Å². The van der Waals surface area contributed by atoms with Crippen LogP contribution in [0.1, 0.15) is 18.5 Å². The molecule has 9 heteroatoms. The highest BCUT2D eigenvalue weighted by atomic mass is 32.2. The standard InChI is InChI=1S/C19H23N3O4S2/c1-2-22-18-6-5-16(28(23,24)21-7-10-25-11-8-21)12-17(18)20-19(22)14-27-13-15-4-3-9-26-15/h3-6,9,12H,2,7-8,10-11,13-14H2,1H3. The van der Waals surface area contributed by atoms with Crippen molar-refractivity contribution in [2.45, 2.75) is 29.9 Å². The molecule has 1 aromatic carbocycles. The van der Waals surface area contributed by atoms with Crippen molar-refractivity contribution in [2.24, 2.45) is 0 Å². The summed E-state index contributed by atoms with van der Waals surface area (Å²) < 4.78 is 40.1. The van der Waals surface area contributed by atoms with Crippen molar-refractivity contribution >= 4 is 32.8 Å². The van der Waals surface area contributed by atoms with E-state index >= 15 is 0 Å². The number of rotatable bonds is 7. The summed E-state index contributed by atoms with van der Waals surface area (Å²) in [7, 11) is -3.52. The summed E-state index contributed by atoms with van der Waals surface area (Å²) in [5.41, 5.74) is 1.67. The number of morpholine rings is 1. The first-order valence-corrected chi connectivity index (χ1v) is 11.9. The van der Waals surface area contributed by atoms with Gasteiger partial charge in [-0.2, -0.15) is 4.31 Å². The van der Waals surface area contributed by atoms with Crippen LogP contribution in [-0.4, -0.2) is 48.6 Å². The zero-order valence-electron chi connectivity index (χ0n) is 15.7. The molecule has 1 aliphatic rings. The normalized spacial score (nSPS) is 16.0. The quantitative estimate of drug-likeness (QED) is 0.583. The van der Waals surface area contributed by atoms with Crippen LogP contribution in [-0.2, 0) is 32.8 Å². The number of nitrogens with zero attached hydrogens (tertiary/aromatic N) is 3. The smallest absolute Gasteiger partial charge is 0.243 e. The van der Waals surface area contributed by atoms with Crippen molar-refractivity contribution in [3.05, 3.63) is 48.2 Å². The number of imidazole rings is 1. The molecule has 1 saturated heterocycles. The third-order valence-corrected chi connectivity index (χ3v) is 7.62. The first-order valence-electron chi connectivity index (χ1n) is 9.27. The molecule has 2 aromatic heterocycles. The fourth-order valence-corrected chi connectivity index (χ4v) is 5.66. The second kappa shape index (κ2) is 8.28. The number of thioether (sulfide) groups is 1. The molecule has 7 nitrogen and oxygen atoms in total. The van der Waals surface area contributed by atoms with Crippen LogP contribution in [0, 0.1) is 0 Å². The van der Waals surface area contributed by atoms with E-state index in [0.29, 0.717) is 31.8 Å². The zero-order valence-corrected chi connectivity index (χ0v) is 17.3. The van der Waals surface area contributed by atoms with E-state index in [2.05, 4.69) is 11.5 Å². The Hall–Kier alpha value is -1.81. The summed E-state index contributed by atoms with van der Waals surface area (Å²) >= 11 is 1.72. The van der Waals surface area contributed by atoms with Crippen molar-refractivity contribution in [1.29, 1.82) is 0 Å². The molecule has 4 rings (SSSR count). The van der Waals surface area contributed by atoms with E-state index in [1.54, 1.807) is 30.2 Å². The van der Waals surface area contributed by atoms with Gasteiger partial charge in [-0.3, -0.25) is 0 Å². The fourth-order valence-electron chi connectivity index (χ4n) is 3.36. The summed E-state index contributed by atoms with van der Waals surface area (Å²) in [6.07, 6.45) is 1.67. The van der Waals surface area contributed by atoms with E-state index in [1.165, 1.54) is 4.31 Å². The lowest BCUT2D eigenvalue weighted by Crippen LogP contribution is -2.40. The first kappa shape index (κ1) is 19.5. The SMILES string of the molecule is CCn1c(CSCc2ccco2)nc2cc(S(=O)(=O)N3CCOCC3)ccc21. The third kappa shape index (κ3) is 3.84. The highest BCUT2D eigenvalue weighted by Crippen LogP contribution is 2.26. The summed E-state index contributed by atoms with van der Waals surface area (Å²) in [5, 5.41) is 0. The van der Waals surface area contributed by atoms with E-state index in [-0.39, 0.29) is 4.90 Å². The summed E-state index contributed by atoms with van der Waals surface area (Å²) in [6, 6.07) is 9.07. The molecule has 1 fully saturated rings. The summed E-state index contributed by atoms with van der Waals surface area (Å²) in [5.74, 6) is 3.38. The minimum Gasteiger partial charge on any atom is -0.468 e. The van der Waals surface area contributed by atoms with Crippen LogP contribution in [0.4, 0.5) is 0 Å². The van der Waals surface area contributed by atoms with Crippen molar-refractivity contribution in [2.75, 3.05) is 26.3 Å². The average molecular weight is 422 g/mol. The molecule has 0 unspecified atom stereocenters. The molecular weight excluding hydrogens is 398 g/mol. The van der Waals surface area contributed by atoms with Gasteiger partial charge in [-0.25, -0.2) is 13.4 Å². The molecule has 0 saturated carbocycles. The maximum absolute atomic E-state index is 12.9. The topological polar surface area (TPSA) is 77.6 Å². The van der Waals surface area contributed by atoms with Gasteiger partial charge in [-0.1, -0.05) is 0 Å². The summed E-state index contributed by atoms with van der Waals surface area (Å²) in [6.45, 7) is 4.49. The Labute approximate surface area is 168 Å². The van der Waals surface area contributed by atoms with Crippen molar-refractivity contribution in [3.8, 4) is 0 Å². The Balaban J connectivity index is 1.58. The molecule has 1 aliphatic heterocycles. The Bertz CT molecular complexity index is 1040. The van der Waals surface area contributed by atoms with Gasteiger partial charge in [-0.15, -0.1) is 11.8 Å². The molecule has 150 valence electrons. The van der Waals surface area contributed by atoms with Crippen LogP contribution in [0.15, 0.2) is 45.9 Å². The van der Waals surface area contributed by atoms with Gasteiger partial charge >= 0.3 is 0 Å². The van der Waals surface area contributed by atoms with Crippen molar-refractivity contribution in [1.82, 2.24) is 13.9 Å². The Morgan fingerprint density at radius 3 is 2.71 bits per heavy atom. The maximum atomic E-state index is 12.9. The fraction of sp³-hybridized carbons (Fsp3) is 0.421. The number of furan rings is 1. The largest absolute Gasteiger partial charge is 0.468 e. The number of hydrogen-bond acceptors (Lipinski definition) is 6. The first-order chi connectivity index (χ1) is 13.6. The van der Waals surface area contributed by atoms with Gasteiger partial charge in [-0.05, 0) is 37.3 Å². The highest BCUT2D eigenvalue weighted by Gasteiger charge is 2.27. The van der Waals surface area contributed by atoms with Crippen molar-refractivity contribution < 1.29 is 17.6 Å². The molecule has 0 bridgehead atoms. The number of ether oxygens (including phenoxy) is 1. The minimum atomic E-state index is -3.52. The lowest BCUT2D eigenvalue weighted by molar-refractivity contribution is 0.0730. The van der Waals surface area contributed by atoms with Crippen LogP contribution in [0.25, 0.3) is 11.0 Å². The van der Waals surface area contributed by atoms with E-state index < -0.39 is 10.0 Å². The minimum absolute atomic E-state index is 0.289. The van der Waals surface area contributed by atoms with E-state index in [0.717, 1.165) is 35.2 Å². The number of aromatic nitrogens is 2. The molecule has 0 radical (unpaired) electrons. The van der Waals surface area contributed by atoms with Crippen LogP contribution in [0.3, 0.4) is 0 Å². The summed E-state index contributed by atoms with van der Waals surface area (Å²) in [4.78, 5) is 5.01. The second-order valence-electron chi connectivity index (χ2n) is 6.51. The number of fused-ring (bicyclic) bond motifs is 1. The molecule has 0 aliphatic carbocycles. The molecule has 3 aromatic rings. The van der Waals surface area contributed by atoms with Crippen molar-refractivity contribution in [3.63, 3.8) is 0 Å². The van der Waals surface area contributed by atoms with E-state index in [4.69, 9.17) is 14.1 Å².